The summed E-state index contributed by atoms with van der Waals surface area (Å²) in [5, 5.41) is 13.4. The summed E-state index contributed by atoms with van der Waals surface area (Å²) in [6.45, 7) is 5.76. The molecule has 1 heterocycles. The summed E-state index contributed by atoms with van der Waals surface area (Å²) >= 11 is 0. The zero-order valence-electron chi connectivity index (χ0n) is 11.3. The Labute approximate surface area is 113 Å². The second-order valence-corrected chi connectivity index (χ2v) is 5.75. The van der Waals surface area contributed by atoms with Crippen LogP contribution in [-0.2, 0) is 0 Å². The molecule has 2 aliphatic rings. The molecule has 19 heavy (non-hydrogen) atoms. The van der Waals surface area contributed by atoms with Gasteiger partial charge in [-0.3, -0.25) is 4.90 Å². The number of benzene rings is 1. The number of phenols is 1. The Bertz CT molecular complexity index is 467. The Hall–Kier alpha value is -1.13. The molecule has 2 fully saturated rings. The fourth-order valence-electron chi connectivity index (χ4n) is 3.11. The summed E-state index contributed by atoms with van der Waals surface area (Å²) < 4.78 is 13.8. The van der Waals surface area contributed by atoms with Gasteiger partial charge in [-0.15, -0.1) is 0 Å². The molecule has 1 atom stereocenters. The number of aromatic hydroxyl groups is 1. The van der Waals surface area contributed by atoms with Gasteiger partial charge in [-0.2, -0.15) is 0 Å². The lowest BCUT2D eigenvalue weighted by molar-refractivity contribution is 0.153. The maximum absolute atomic E-state index is 13.8. The second-order valence-electron chi connectivity index (χ2n) is 5.75. The van der Waals surface area contributed by atoms with E-state index in [0.29, 0.717) is 5.92 Å². The molecule has 0 unspecified atom stereocenters. The fraction of sp³-hybridized carbons (Fsp3) is 0.600. The van der Waals surface area contributed by atoms with Crippen molar-refractivity contribution < 1.29 is 9.50 Å². The van der Waals surface area contributed by atoms with E-state index in [9.17, 15) is 9.50 Å². The first kappa shape index (κ1) is 12.9. The summed E-state index contributed by atoms with van der Waals surface area (Å²) in [4.78, 5) is 2.39. The molecule has 1 aliphatic carbocycles. The predicted molar refractivity (Wildman–Crippen MR) is 72.7 cm³/mol. The maximum Gasteiger partial charge on any atom is 0.165 e. The number of nitrogens with zero attached hydrogens (tertiary/aromatic N) is 1. The average Bonchev–Trinajstić information content (AvgIpc) is 3.21. The lowest BCUT2D eigenvalue weighted by Gasteiger charge is -2.36. The van der Waals surface area contributed by atoms with Gasteiger partial charge in [0.05, 0.1) is 0 Å². The van der Waals surface area contributed by atoms with Crippen molar-refractivity contribution in [2.24, 2.45) is 5.92 Å². The van der Waals surface area contributed by atoms with Crippen LogP contribution in [0, 0.1) is 18.7 Å². The maximum atomic E-state index is 13.8. The number of piperazine rings is 1. The van der Waals surface area contributed by atoms with Crippen molar-refractivity contribution in [3.63, 3.8) is 0 Å². The molecule has 1 aromatic rings. The summed E-state index contributed by atoms with van der Waals surface area (Å²) in [7, 11) is 0. The second kappa shape index (κ2) is 5.10. The largest absolute Gasteiger partial charge is 0.505 e. The number of nitrogens with one attached hydrogen (secondary N) is 1. The van der Waals surface area contributed by atoms with Crippen molar-refractivity contribution in [3.8, 4) is 5.75 Å². The Balaban J connectivity index is 1.95. The van der Waals surface area contributed by atoms with Gasteiger partial charge < -0.3 is 10.4 Å². The molecule has 3 nitrogen and oxygen atoms in total. The van der Waals surface area contributed by atoms with Crippen molar-refractivity contribution in [1.29, 1.82) is 0 Å². The van der Waals surface area contributed by atoms with Crippen LogP contribution in [-0.4, -0.2) is 36.2 Å². The van der Waals surface area contributed by atoms with Crippen molar-refractivity contribution in [2.45, 2.75) is 25.8 Å². The minimum atomic E-state index is -0.490. The molecule has 4 heteroatoms. The quantitative estimate of drug-likeness (QED) is 0.878. The molecule has 1 aromatic carbocycles. The van der Waals surface area contributed by atoms with E-state index < -0.39 is 5.82 Å². The van der Waals surface area contributed by atoms with Crippen LogP contribution < -0.4 is 5.32 Å². The number of halogens is 1. The van der Waals surface area contributed by atoms with Crippen LogP contribution in [0.1, 0.15) is 30.0 Å². The van der Waals surface area contributed by atoms with E-state index in [0.717, 1.165) is 37.3 Å². The van der Waals surface area contributed by atoms with Crippen LogP contribution in [0.2, 0.25) is 0 Å². The molecule has 0 bridgehead atoms. The van der Waals surface area contributed by atoms with E-state index in [-0.39, 0.29) is 11.8 Å². The number of aryl methyl sites for hydroxylation is 1. The van der Waals surface area contributed by atoms with Crippen molar-refractivity contribution >= 4 is 0 Å². The highest BCUT2D eigenvalue weighted by molar-refractivity contribution is 5.40. The Morgan fingerprint density at radius 1 is 1.32 bits per heavy atom. The number of hydrogen-bond acceptors (Lipinski definition) is 3. The highest BCUT2D eigenvalue weighted by Gasteiger charge is 2.38. The molecular weight excluding hydrogens is 243 g/mol. The number of rotatable bonds is 3. The van der Waals surface area contributed by atoms with Gasteiger partial charge in [0, 0.05) is 37.8 Å². The Kier molecular flexibility index (Phi) is 3.46. The van der Waals surface area contributed by atoms with E-state index in [1.54, 1.807) is 0 Å². The lowest BCUT2D eigenvalue weighted by atomic mass is 9.96. The molecule has 0 radical (unpaired) electrons. The first-order valence-corrected chi connectivity index (χ1v) is 7.10. The zero-order valence-corrected chi connectivity index (χ0v) is 11.3. The normalized spacial score (nSPS) is 22.4. The van der Waals surface area contributed by atoms with Crippen LogP contribution in [0.15, 0.2) is 12.1 Å². The third-order valence-electron chi connectivity index (χ3n) is 4.17. The van der Waals surface area contributed by atoms with E-state index in [4.69, 9.17) is 0 Å². The average molecular weight is 264 g/mol. The monoisotopic (exact) mass is 264 g/mol. The molecule has 1 aliphatic heterocycles. The Morgan fingerprint density at radius 3 is 2.63 bits per heavy atom. The molecule has 0 amide bonds. The summed E-state index contributed by atoms with van der Waals surface area (Å²) in [5.74, 6) is -0.0676. The third-order valence-corrected chi connectivity index (χ3v) is 4.17. The van der Waals surface area contributed by atoms with Crippen LogP contribution in [0.3, 0.4) is 0 Å². The molecule has 1 saturated carbocycles. The van der Waals surface area contributed by atoms with Crippen LogP contribution in [0.25, 0.3) is 0 Å². The summed E-state index contributed by atoms with van der Waals surface area (Å²) in [6.07, 6.45) is 2.37. The molecule has 0 spiro atoms. The molecular formula is C15H21FN2O. The van der Waals surface area contributed by atoms with Gasteiger partial charge in [-0.05, 0) is 37.3 Å². The van der Waals surface area contributed by atoms with Gasteiger partial charge in [0.25, 0.3) is 0 Å². The number of phenolic OH excluding ortho intramolecular Hbond substituents is 1. The molecule has 3 rings (SSSR count). The molecule has 0 aromatic heterocycles. The van der Waals surface area contributed by atoms with Crippen LogP contribution in [0.5, 0.6) is 5.75 Å². The van der Waals surface area contributed by atoms with E-state index in [1.807, 2.05) is 13.0 Å². The zero-order chi connectivity index (χ0) is 13.4. The summed E-state index contributed by atoms with van der Waals surface area (Å²) in [6, 6.07) is 3.53. The van der Waals surface area contributed by atoms with Gasteiger partial charge in [0.2, 0.25) is 0 Å². The van der Waals surface area contributed by atoms with Crippen LogP contribution >= 0.6 is 0 Å². The molecule has 104 valence electrons. The van der Waals surface area contributed by atoms with Crippen molar-refractivity contribution in [2.75, 3.05) is 26.2 Å². The number of hydrogen-bond donors (Lipinski definition) is 2. The van der Waals surface area contributed by atoms with Gasteiger partial charge in [-0.1, -0.05) is 6.07 Å². The lowest BCUT2D eigenvalue weighted by Crippen LogP contribution is -2.45. The van der Waals surface area contributed by atoms with E-state index in [2.05, 4.69) is 10.2 Å². The minimum absolute atomic E-state index is 0.152. The summed E-state index contributed by atoms with van der Waals surface area (Å²) in [5.41, 5.74) is 1.66. The van der Waals surface area contributed by atoms with E-state index in [1.165, 1.54) is 18.9 Å². The predicted octanol–water partition coefficient (Wildman–Crippen LogP) is 2.20. The van der Waals surface area contributed by atoms with Gasteiger partial charge in [0.15, 0.2) is 11.6 Å². The van der Waals surface area contributed by atoms with Crippen molar-refractivity contribution in [3.05, 3.63) is 29.1 Å². The van der Waals surface area contributed by atoms with Gasteiger partial charge in [0.1, 0.15) is 0 Å². The topological polar surface area (TPSA) is 35.5 Å². The standard InChI is InChI=1S/C15H21FN2O/c1-10-8-12(15(19)13(16)9-10)14(11-2-3-11)18-6-4-17-5-7-18/h8-9,11,14,17,19H,2-7H2,1H3/t14-/m1/s1. The fourth-order valence-corrected chi connectivity index (χ4v) is 3.11. The smallest absolute Gasteiger partial charge is 0.165 e. The highest BCUT2D eigenvalue weighted by Crippen LogP contribution is 2.47. The molecule has 2 N–H and O–H groups in total. The first-order valence-electron chi connectivity index (χ1n) is 7.10. The van der Waals surface area contributed by atoms with Gasteiger partial charge >= 0.3 is 0 Å². The minimum Gasteiger partial charge on any atom is -0.505 e. The highest BCUT2D eigenvalue weighted by atomic mass is 19.1. The first-order chi connectivity index (χ1) is 9.16. The van der Waals surface area contributed by atoms with Crippen LogP contribution in [0.4, 0.5) is 4.39 Å². The third kappa shape index (κ3) is 2.60. The Morgan fingerprint density at radius 2 is 2.00 bits per heavy atom. The SMILES string of the molecule is Cc1cc(F)c(O)c([C@@H](C2CC2)N2CCNCC2)c1. The van der Waals surface area contributed by atoms with E-state index >= 15 is 0 Å². The van der Waals surface area contributed by atoms with Crippen molar-refractivity contribution in [1.82, 2.24) is 10.2 Å². The molecule has 1 saturated heterocycles. The van der Waals surface area contributed by atoms with Gasteiger partial charge in [-0.25, -0.2) is 4.39 Å².